The number of halogens is 1. The van der Waals surface area contributed by atoms with Crippen LogP contribution >= 0.6 is 0 Å². The van der Waals surface area contributed by atoms with E-state index in [-0.39, 0.29) is 30.4 Å². The van der Waals surface area contributed by atoms with Gasteiger partial charge in [0.1, 0.15) is 12.4 Å². The lowest BCUT2D eigenvalue weighted by atomic mass is 10.2. The van der Waals surface area contributed by atoms with E-state index in [1.807, 2.05) is 6.07 Å². The van der Waals surface area contributed by atoms with E-state index in [9.17, 15) is 14.0 Å². The zero-order valence-corrected chi connectivity index (χ0v) is 13.1. The quantitative estimate of drug-likeness (QED) is 0.739. The van der Waals surface area contributed by atoms with Crippen LogP contribution in [0.5, 0.6) is 0 Å². The normalized spacial score (nSPS) is 10.8. The summed E-state index contributed by atoms with van der Waals surface area (Å²) in [5, 5.41) is 0. The molecule has 1 heterocycles. The third kappa shape index (κ3) is 3.32. The van der Waals surface area contributed by atoms with Crippen LogP contribution in [0.3, 0.4) is 0 Å². The standard InChI is InChI=1S/C18H16FN3O2/c1-21(11-13-5-4-6-14(19)9-13)18(24)12-22-16-8-3-2-7-15(16)20-10-17(22)23/h2-10H,11-12H2,1H3. The Labute approximate surface area is 138 Å². The van der Waals surface area contributed by atoms with Crippen molar-refractivity contribution in [3.05, 3.63) is 76.5 Å². The molecule has 0 fully saturated rings. The number of hydrogen-bond donors (Lipinski definition) is 0. The van der Waals surface area contributed by atoms with Crippen LogP contribution in [-0.2, 0) is 17.9 Å². The van der Waals surface area contributed by atoms with Gasteiger partial charge < -0.3 is 4.90 Å². The Balaban J connectivity index is 1.82. The van der Waals surface area contributed by atoms with Crippen molar-refractivity contribution in [1.29, 1.82) is 0 Å². The van der Waals surface area contributed by atoms with E-state index in [4.69, 9.17) is 0 Å². The monoisotopic (exact) mass is 325 g/mol. The second-order valence-electron chi connectivity index (χ2n) is 5.55. The maximum absolute atomic E-state index is 13.2. The van der Waals surface area contributed by atoms with Crippen LogP contribution in [0.1, 0.15) is 5.56 Å². The van der Waals surface area contributed by atoms with Crippen LogP contribution in [0.2, 0.25) is 0 Å². The van der Waals surface area contributed by atoms with E-state index in [1.54, 1.807) is 37.4 Å². The summed E-state index contributed by atoms with van der Waals surface area (Å²) in [5.74, 6) is -0.581. The number of likely N-dealkylation sites (N-methyl/N-ethyl adjacent to an activating group) is 1. The Bertz CT molecular complexity index is 952. The maximum Gasteiger partial charge on any atom is 0.269 e. The molecule has 1 amide bonds. The largest absolute Gasteiger partial charge is 0.340 e. The Morgan fingerprint density at radius 1 is 1.21 bits per heavy atom. The average molecular weight is 325 g/mol. The van der Waals surface area contributed by atoms with Gasteiger partial charge in [-0.05, 0) is 29.8 Å². The molecule has 0 aliphatic heterocycles. The minimum atomic E-state index is -0.343. The first kappa shape index (κ1) is 15.9. The highest BCUT2D eigenvalue weighted by atomic mass is 19.1. The van der Waals surface area contributed by atoms with Crippen LogP contribution in [-0.4, -0.2) is 27.4 Å². The molecule has 1 aromatic heterocycles. The Morgan fingerprint density at radius 2 is 2.00 bits per heavy atom. The number of amides is 1. The van der Waals surface area contributed by atoms with Crippen LogP contribution < -0.4 is 5.56 Å². The van der Waals surface area contributed by atoms with Gasteiger partial charge in [0.05, 0.1) is 17.2 Å². The molecule has 0 aliphatic carbocycles. The van der Waals surface area contributed by atoms with Crippen molar-refractivity contribution in [1.82, 2.24) is 14.5 Å². The van der Waals surface area contributed by atoms with E-state index >= 15 is 0 Å². The van der Waals surface area contributed by atoms with Gasteiger partial charge in [-0.2, -0.15) is 0 Å². The van der Waals surface area contributed by atoms with Crippen molar-refractivity contribution in [2.45, 2.75) is 13.1 Å². The smallest absolute Gasteiger partial charge is 0.269 e. The van der Waals surface area contributed by atoms with Crippen molar-refractivity contribution in [2.24, 2.45) is 0 Å². The minimum Gasteiger partial charge on any atom is -0.340 e. The lowest BCUT2D eigenvalue weighted by molar-refractivity contribution is -0.131. The van der Waals surface area contributed by atoms with Crippen molar-refractivity contribution >= 4 is 16.9 Å². The van der Waals surface area contributed by atoms with E-state index in [2.05, 4.69) is 4.98 Å². The number of fused-ring (bicyclic) bond motifs is 1. The van der Waals surface area contributed by atoms with Gasteiger partial charge >= 0.3 is 0 Å². The summed E-state index contributed by atoms with van der Waals surface area (Å²) in [7, 11) is 1.63. The third-order valence-electron chi connectivity index (χ3n) is 3.78. The molecule has 6 heteroatoms. The first-order chi connectivity index (χ1) is 11.5. The zero-order valence-electron chi connectivity index (χ0n) is 13.1. The highest BCUT2D eigenvalue weighted by Crippen LogP contribution is 2.10. The molecule has 0 saturated heterocycles. The molecule has 3 aromatic rings. The molecule has 0 aliphatic rings. The number of benzene rings is 2. The van der Waals surface area contributed by atoms with Gasteiger partial charge in [-0.1, -0.05) is 24.3 Å². The minimum absolute atomic E-state index is 0.0896. The zero-order chi connectivity index (χ0) is 17.1. The Kier molecular flexibility index (Phi) is 4.37. The summed E-state index contributed by atoms with van der Waals surface area (Å²) < 4.78 is 14.6. The van der Waals surface area contributed by atoms with Gasteiger partial charge in [-0.3, -0.25) is 14.2 Å². The highest BCUT2D eigenvalue weighted by molar-refractivity contribution is 5.79. The number of carbonyl (C=O) groups excluding carboxylic acids is 1. The van der Waals surface area contributed by atoms with Gasteiger partial charge in [-0.25, -0.2) is 9.37 Å². The van der Waals surface area contributed by atoms with Crippen LogP contribution in [0.15, 0.2) is 59.5 Å². The Hall–Kier alpha value is -3.02. The molecule has 24 heavy (non-hydrogen) atoms. The molecule has 0 spiro atoms. The average Bonchev–Trinajstić information content (AvgIpc) is 2.57. The van der Waals surface area contributed by atoms with E-state index in [0.717, 1.165) is 0 Å². The predicted molar refractivity (Wildman–Crippen MR) is 88.9 cm³/mol. The number of carbonyl (C=O) groups is 1. The van der Waals surface area contributed by atoms with Crippen LogP contribution in [0.4, 0.5) is 4.39 Å². The van der Waals surface area contributed by atoms with E-state index in [0.29, 0.717) is 16.6 Å². The lowest BCUT2D eigenvalue weighted by Crippen LogP contribution is -2.33. The predicted octanol–water partition coefficient (Wildman–Crippen LogP) is 2.19. The van der Waals surface area contributed by atoms with Gasteiger partial charge in [0.15, 0.2) is 0 Å². The fraction of sp³-hybridized carbons (Fsp3) is 0.167. The first-order valence-electron chi connectivity index (χ1n) is 7.47. The molecule has 0 unspecified atom stereocenters. The van der Waals surface area contributed by atoms with Gasteiger partial charge in [-0.15, -0.1) is 0 Å². The second kappa shape index (κ2) is 6.62. The van der Waals surface area contributed by atoms with Crippen molar-refractivity contribution < 1.29 is 9.18 Å². The Morgan fingerprint density at radius 3 is 2.79 bits per heavy atom. The molecule has 0 saturated carbocycles. The van der Waals surface area contributed by atoms with Gasteiger partial charge in [0.2, 0.25) is 5.91 Å². The SMILES string of the molecule is CN(Cc1cccc(F)c1)C(=O)Cn1c(=O)cnc2ccccc21. The summed E-state index contributed by atoms with van der Waals surface area (Å²) in [6, 6.07) is 13.2. The maximum atomic E-state index is 13.2. The van der Waals surface area contributed by atoms with Crippen molar-refractivity contribution in [2.75, 3.05) is 7.05 Å². The molecular weight excluding hydrogens is 309 g/mol. The second-order valence-corrected chi connectivity index (χ2v) is 5.55. The number of nitrogens with zero attached hydrogens (tertiary/aromatic N) is 3. The molecular formula is C18H16FN3O2. The molecule has 5 nitrogen and oxygen atoms in total. The van der Waals surface area contributed by atoms with Gasteiger partial charge in [0.25, 0.3) is 5.56 Å². The molecule has 0 N–H and O–H groups in total. The van der Waals surface area contributed by atoms with E-state index in [1.165, 1.54) is 27.8 Å². The van der Waals surface area contributed by atoms with Gasteiger partial charge in [0, 0.05) is 13.6 Å². The summed E-state index contributed by atoms with van der Waals surface area (Å²) in [6.45, 7) is 0.183. The topological polar surface area (TPSA) is 55.2 Å². The van der Waals surface area contributed by atoms with Crippen LogP contribution in [0, 0.1) is 5.82 Å². The fourth-order valence-corrected chi connectivity index (χ4v) is 2.53. The molecule has 0 atom stereocenters. The summed E-state index contributed by atoms with van der Waals surface area (Å²) >= 11 is 0. The van der Waals surface area contributed by atoms with Crippen LogP contribution in [0.25, 0.3) is 11.0 Å². The summed E-state index contributed by atoms with van der Waals surface area (Å²) in [5.41, 5.74) is 1.62. The molecule has 122 valence electrons. The lowest BCUT2D eigenvalue weighted by Gasteiger charge is -2.18. The highest BCUT2D eigenvalue weighted by Gasteiger charge is 2.13. The molecule has 3 rings (SSSR count). The number of hydrogen-bond acceptors (Lipinski definition) is 3. The number of para-hydroxylation sites is 2. The number of aromatic nitrogens is 2. The first-order valence-corrected chi connectivity index (χ1v) is 7.47. The number of rotatable bonds is 4. The molecule has 0 bridgehead atoms. The molecule has 0 radical (unpaired) electrons. The van der Waals surface area contributed by atoms with E-state index < -0.39 is 0 Å². The summed E-state index contributed by atoms with van der Waals surface area (Å²) in [6.07, 6.45) is 1.21. The third-order valence-corrected chi connectivity index (χ3v) is 3.78. The van der Waals surface area contributed by atoms with Crippen molar-refractivity contribution in [3.63, 3.8) is 0 Å². The molecule has 2 aromatic carbocycles. The fourth-order valence-electron chi connectivity index (χ4n) is 2.53. The summed E-state index contributed by atoms with van der Waals surface area (Å²) in [4.78, 5) is 30.1. The van der Waals surface area contributed by atoms with Crippen molar-refractivity contribution in [3.8, 4) is 0 Å².